The third kappa shape index (κ3) is 3.83. The van der Waals surface area contributed by atoms with E-state index in [4.69, 9.17) is 0 Å². The molecular weight excluding hydrogens is 208 g/mol. The fourth-order valence-electron chi connectivity index (χ4n) is 1.76. The predicted molar refractivity (Wildman–Crippen MR) is 71.5 cm³/mol. The van der Waals surface area contributed by atoms with Gasteiger partial charge in [0.05, 0.1) is 17.6 Å². The number of benzene rings is 1. The van der Waals surface area contributed by atoms with Gasteiger partial charge in [-0.3, -0.25) is 0 Å². The molecule has 0 spiro atoms. The van der Waals surface area contributed by atoms with Crippen LogP contribution in [0.25, 0.3) is 0 Å². The molecule has 1 atom stereocenters. The lowest BCUT2D eigenvalue weighted by molar-refractivity contribution is 0.583. The topological polar surface area (TPSA) is 24.7 Å². The maximum absolute atomic E-state index is 4.52. The smallest absolute Gasteiger partial charge is 0.0904 e. The van der Waals surface area contributed by atoms with E-state index in [9.17, 15) is 0 Å². The van der Waals surface area contributed by atoms with Crippen molar-refractivity contribution in [2.45, 2.75) is 45.2 Å². The molecule has 0 aliphatic heterocycles. The lowest BCUT2D eigenvalue weighted by Gasteiger charge is -2.10. The summed E-state index contributed by atoms with van der Waals surface area (Å²) in [6.45, 7) is 6.18. The standard InChI is InChI=1S/C15H20N2/c1-15(2,3)17-11-16-14(13-9-10-13)12-7-5-4-6-8-12/h4-8,13-14H,9-10H2,1-3H3. The summed E-state index contributed by atoms with van der Waals surface area (Å²) < 4.78 is 0. The predicted octanol–water partition coefficient (Wildman–Crippen LogP) is 4.11. The van der Waals surface area contributed by atoms with Gasteiger partial charge in [0, 0.05) is 0 Å². The van der Waals surface area contributed by atoms with E-state index in [1.54, 1.807) is 0 Å². The molecule has 2 nitrogen and oxygen atoms in total. The maximum Gasteiger partial charge on any atom is 0.0904 e. The Bertz CT molecular complexity index is 418. The average Bonchev–Trinajstić information content (AvgIpc) is 3.08. The Hall–Kier alpha value is -1.40. The van der Waals surface area contributed by atoms with Crippen LogP contribution in [0.1, 0.15) is 45.2 Å². The number of aliphatic imine (C=N–C) groups is 2. The molecule has 0 bridgehead atoms. The Balaban J connectivity index is 2.17. The van der Waals surface area contributed by atoms with Crippen molar-refractivity contribution in [3.05, 3.63) is 35.9 Å². The van der Waals surface area contributed by atoms with Gasteiger partial charge in [0.15, 0.2) is 0 Å². The van der Waals surface area contributed by atoms with Gasteiger partial charge in [-0.25, -0.2) is 9.98 Å². The van der Waals surface area contributed by atoms with Gasteiger partial charge in [-0.15, -0.1) is 0 Å². The quantitative estimate of drug-likeness (QED) is 0.695. The Morgan fingerprint density at radius 2 is 1.82 bits per heavy atom. The first-order valence-electron chi connectivity index (χ1n) is 6.28. The fraction of sp³-hybridized carbons (Fsp3) is 0.533. The summed E-state index contributed by atoms with van der Waals surface area (Å²) in [5.41, 5.74) is 1.19. The molecule has 17 heavy (non-hydrogen) atoms. The highest BCUT2D eigenvalue weighted by Gasteiger charge is 2.31. The van der Waals surface area contributed by atoms with Crippen LogP contribution in [-0.4, -0.2) is 11.5 Å². The van der Waals surface area contributed by atoms with Crippen molar-refractivity contribution in [1.82, 2.24) is 0 Å². The van der Waals surface area contributed by atoms with Crippen LogP contribution in [0.5, 0.6) is 0 Å². The second-order valence-corrected chi connectivity index (χ2v) is 5.70. The van der Waals surface area contributed by atoms with Crippen molar-refractivity contribution >= 4 is 6.01 Å². The van der Waals surface area contributed by atoms with E-state index in [1.807, 2.05) is 6.07 Å². The highest BCUT2D eigenvalue weighted by atomic mass is 14.9. The van der Waals surface area contributed by atoms with E-state index in [2.05, 4.69) is 61.0 Å². The van der Waals surface area contributed by atoms with Crippen molar-refractivity contribution < 1.29 is 0 Å². The van der Waals surface area contributed by atoms with Crippen LogP contribution in [0.2, 0.25) is 0 Å². The summed E-state index contributed by atoms with van der Waals surface area (Å²) in [6, 6.07) is 13.6. The Kier molecular flexibility index (Phi) is 3.44. The molecule has 1 aromatic rings. The van der Waals surface area contributed by atoms with Crippen LogP contribution in [0.3, 0.4) is 0 Å². The summed E-state index contributed by atoms with van der Waals surface area (Å²) in [4.78, 5) is 8.84. The SMILES string of the molecule is CC(C)(C)N=C=NC(c1ccccc1)C1CC1. The summed E-state index contributed by atoms with van der Waals surface area (Å²) in [6.07, 6.45) is 2.56. The van der Waals surface area contributed by atoms with Crippen molar-refractivity contribution in [2.75, 3.05) is 0 Å². The zero-order valence-electron chi connectivity index (χ0n) is 10.9. The summed E-state index contributed by atoms with van der Waals surface area (Å²) in [7, 11) is 0. The fourth-order valence-corrected chi connectivity index (χ4v) is 1.76. The Morgan fingerprint density at radius 3 is 2.35 bits per heavy atom. The van der Waals surface area contributed by atoms with E-state index in [0.717, 1.165) is 0 Å². The van der Waals surface area contributed by atoms with Gasteiger partial charge in [0.2, 0.25) is 0 Å². The van der Waals surface area contributed by atoms with Gasteiger partial charge in [0.1, 0.15) is 0 Å². The molecule has 1 unspecified atom stereocenters. The molecule has 0 amide bonds. The van der Waals surface area contributed by atoms with Crippen LogP contribution in [-0.2, 0) is 0 Å². The third-order valence-corrected chi connectivity index (χ3v) is 2.79. The molecule has 1 saturated carbocycles. The van der Waals surface area contributed by atoms with E-state index < -0.39 is 0 Å². The minimum absolute atomic E-state index is 0.0890. The molecule has 0 heterocycles. The second-order valence-electron chi connectivity index (χ2n) is 5.70. The molecule has 1 fully saturated rings. The number of hydrogen-bond acceptors (Lipinski definition) is 2. The highest BCUT2D eigenvalue weighted by Crippen LogP contribution is 2.43. The monoisotopic (exact) mass is 228 g/mol. The van der Waals surface area contributed by atoms with Crippen LogP contribution < -0.4 is 0 Å². The van der Waals surface area contributed by atoms with E-state index in [1.165, 1.54) is 18.4 Å². The van der Waals surface area contributed by atoms with E-state index in [0.29, 0.717) is 5.92 Å². The van der Waals surface area contributed by atoms with Crippen LogP contribution in [0.4, 0.5) is 0 Å². The molecule has 0 N–H and O–H groups in total. The van der Waals surface area contributed by atoms with Crippen LogP contribution in [0.15, 0.2) is 40.3 Å². The van der Waals surface area contributed by atoms with Gasteiger partial charge in [-0.05, 0) is 45.1 Å². The number of rotatable bonds is 3. The molecule has 2 rings (SSSR count). The first kappa shape index (κ1) is 12.1. The molecule has 1 aliphatic rings. The number of nitrogens with zero attached hydrogens (tertiary/aromatic N) is 2. The largest absolute Gasteiger partial charge is 0.220 e. The zero-order chi connectivity index (χ0) is 12.3. The number of hydrogen-bond donors (Lipinski definition) is 0. The van der Waals surface area contributed by atoms with Gasteiger partial charge in [-0.2, -0.15) is 0 Å². The van der Waals surface area contributed by atoms with Crippen molar-refractivity contribution in [1.29, 1.82) is 0 Å². The van der Waals surface area contributed by atoms with Crippen molar-refractivity contribution in [3.8, 4) is 0 Å². The zero-order valence-corrected chi connectivity index (χ0v) is 10.9. The third-order valence-electron chi connectivity index (χ3n) is 2.79. The van der Waals surface area contributed by atoms with Gasteiger partial charge in [0.25, 0.3) is 0 Å². The van der Waals surface area contributed by atoms with Crippen molar-refractivity contribution in [3.63, 3.8) is 0 Å². The molecule has 0 radical (unpaired) electrons. The van der Waals surface area contributed by atoms with Gasteiger partial charge >= 0.3 is 0 Å². The van der Waals surface area contributed by atoms with Gasteiger partial charge < -0.3 is 0 Å². The molecule has 90 valence electrons. The minimum Gasteiger partial charge on any atom is -0.220 e. The second kappa shape index (κ2) is 4.85. The summed E-state index contributed by atoms with van der Waals surface area (Å²) in [5.74, 6) is 0.695. The molecule has 1 aliphatic carbocycles. The summed E-state index contributed by atoms with van der Waals surface area (Å²) >= 11 is 0. The maximum atomic E-state index is 4.52. The molecule has 0 aromatic heterocycles. The molecule has 1 aromatic carbocycles. The molecule has 2 heteroatoms. The van der Waals surface area contributed by atoms with E-state index in [-0.39, 0.29) is 11.6 Å². The normalized spacial score (nSPS) is 17.1. The van der Waals surface area contributed by atoms with Crippen LogP contribution >= 0.6 is 0 Å². The highest BCUT2D eigenvalue weighted by molar-refractivity contribution is 5.44. The first-order valence-corrected chi connectivity index (χ1v) is 6.28. The minimum atomic E-state index is -0.0890. The van der Waals surface area contributed by atoms with E-state index >= 15 is 0 Å². The average molecular weight is 228 g/mol. The molecule has 0 saturated heterocycles. The first-order chi connectivity index (χ1) is 8.06. The van der Waals surface area contributed by atoms with Crippen LogP contribution in [0, 0.1) is 5.92 Å². The summed E-state index contributed by atoms with van der Waals surface area (Å²) in [5, 5.41) is 0. The molecular formula is C15H20N2. The van der Waals surface area contributed by atoms with Crippen molar-refractivity contribution in [2.24, 2.45) is 15.9 Å². The lowest BCUT2D eigenvalue weighted by atomic mass is 10.0. The Morgan fingerprint density at radius 1 is 1.18 bits per heavy atom. The Labute approximate surface area is 104 Å². The lowest BCUT2D eigenvalue weighted by Crippen LogP contribution is -2.08. The van der Waals surface area contributed by atoms with Gasteiger partial charge in [-0.1, -0.05) is 30.3 Å².